The first-order chi connectivity index (χ1) is 9.10. The van der Waals surface area contributed by atoms with Crippen LogP contribution in [-0.2, 0) is 4.79 Å². The number of carbonyl (C=O) groups is 1. The van der Waals surface area contributed by atoms with Gasteiger partial charge in [0.2, 0.25) is 0 Å². The molecule has 2 aliphatic rings. The predicted molar refractivity (Wildman–Crippen MR) is 62.8 cm³/mol. The topological polar surface area (TPSA) is 116 Å². The molecule has 2 rings (SSSR count). The molecule has 3 atom stereocenters. The number of halogens is 3. The molecular formula is C11H19F3N2O4. The fourth-order valence-electron chi connectivity index (χ4n) is 2.74. The molecule has 20 heavy (non-hydrogen) atoms. The van der Waals surface area contributed by atoms with Gasteiger partial charge >= 0.3 is 12.1 Å². The molecule has 0 bridgehead atoms. The zero-order chi connectivity index (χ0) is 15.6. The monoisotopic (exact) mass is 300 g/mol. The molecule has 1 aliphatic heterocycles. The van der Waals surface area contributed by atoms with Gasteiger partial charge in [0, 0.05) is 6.04 Å². The van der Waals surface area contributed by atoms with Gasteiger partial charge in [0.15, 0.2) is 0 Å². The van der Waals surface area contributed by atoms with Crippen molar-refractivity contribution in [3.63, 3.8) is 0 Å². The molecular weight excluding hydrogens is 281 g/mol. The zero-order valence-electron chi connectivity index (χ0n) is 10.7. The van der Waals surface area contributed by atoms with Crippen LogP contribution in [0, 0.1) is 5.41 Å². The molecule has 0 aromatic rings. The predicted octanol–water partition coefficient (Wildman–Crippen LogP) is -0.558. The number of piperidine rings is 1. The summed E-state index contributed by atoms with van der Waals surface area (Å²) in [6.07, 6.45) is -3.81. The second-order valence-electron chi connectivity index (χ2n) is 5.20. The average molecular weight is 300 g/mol. The maximum Gasteiger partial charge on any atom is 0.490 e. The van der Waals surface area contributed by atoms with Gasteiger partial charge in [0.25, 0.3) is 0 Å². The number of nitrogens with two attached hydrogens (primary N) is 1. The van der Waals surface area contributed by atoms with E-state index in [1.54, 1.807) is 0 Å². The number of aliphatic hydroxyl groups excluding tert-OH is 2. The molecule has 0 aromatic carbocycles. The quantitative estimate of drug-likeness (QED) is 0.410. The van der Waals surface area contributed by atoms with Gasteiger partial charge in [0.1, 0.15) is 0 Å². The third kappa shape index (κ3) is 3.81. The molecule has 2 fully saturated rings. The van der Waals surface area contributed by atoms with Crippen LogP contribution in [0.15, 0.2) is 0 Å². The standard InChI is InChI=1S/C9H18N2O2.C2HF3O2/c10-8-7(13)6(12)5-9(8)1-3-11-4-2-9;3-2(4,5)1(6)7/h6-8,11-13H,1-5,10H2;(H,6,7). The third-order valence-corrected chi connectivity index (χ3v) is 3.93. The summed E-state index contributed by atoms with van der Waals surface area (Å²) >= 11 is 0. The molecule has 1 saturated carbocycles. The third-order valence-electron chi connectivity index (χ3n) is 3.93. The first-order valence-corrected chi connectivity index (χ1v) is 6.23. The van der Waals surface area contributed by atoms with Crippen molar-refractivity contribution in [2.75, 3.05) is 13.1 Å². The molecule has 0 aromatic heterocycles. The van der Waals surface area contributed by atoms with Crippen molar-refractivity contribution in [1.29, 1.82) is 0 Å². The second kappa shape index (κ2) is 6.25. The first kappa shape index (κ1) is 17.2. The van der Waals surface area contributed by atoms with Gasteiger partial charge in [-0.15, -0.1) is 0 Å². The molecule has 0 amide bonds. The van der Waals surface area contributed by atoms with Gasteiger partial charge in [-0.1, -0.05) is 0 Å². The van der Waals surface area contributed by atoms with E-state index < -0.39 is 24.4 Å². The van der Waals surface area contributed by atoms with Crippen molar-refractivity contribution in [1.82, 2.24) is 5.32 Å². The summed E-state index contributed by atoms with van der Waals surface area (Å²) in [6.45, 7) is 1.90. The molecule has 1 aliphatic carbocycles. The number of hydrogen-bond acceptors (Lipinski definition) is 5. The lowest BCUT2D eigenvalue weighted by molar-refractivity contribution is -0.192. The Morgan fingerprint density at radius 1 is 1.25 bits per heavy atom. The van der Waals surface area contributed by atoms with Crippen LogP contribution in [0.5, 0.6) is 0 Å². The van der Waals surface area contributed by atoms with Crippen molar-refractivity contribution in [2.24, 2.45) is 11.1 Å². The summed E-state index contributed by atoms with van der Waals surface area (Å²) < 4.78 is 31.7. The molecule has 6 N–H and O–H groups in total. The van der Waals surface area contributed by atoms with Crippen molar-refractivity contribution in [3.05, 3.63) is 0 Å². The van der Waals surface area contributed by atoms with E-state index >= 15 is 0 Å². The number of carboxylic acid groups (broad SMARTS) is 1. The number of nitrogens with one attached hydrogen (secondary N) is 1. The van der Waals surface area contributed by atoms with E-state index in [0.717, 1.165) is 25.9 Å². The minimum Gasteiger partial charge on any atom is -0.475 e. The Hall–Kier alpha value is -0.900. The van der Waals surface area contributed by atoms with Crippen LogP contribution in [0.3, 0.4) is 0 Å². The summed E-state index contributed by atoms with van der Waals surface area (Å²) in [7, 11) is 0. The van der Waals surface area contributed by atoms with Crippen LogP contribution in [0.25, 0.3) is 0 Å². The van der Waals surface area contributed by atoms with Crippen LogP contribution in [0.4, 0.5) is 13.2 Å². The molecule has 1 heterocycles. The van der Waals surface area contributed by atoms with Crippen LogP contribution in [0.2, 0.25) is 0 Å². The van der Waals surface area contributed by atoms with Crippen LogP contribution in [-0.4, -0.2) is 58.8 Å². The lowest BCUT2D eigenvalue weighted by Gasteiger charge is -2.37. The molecule has 118 valence electrons. The van der Waals surface area contributed by atoms with E-state index in [1.165, 1.54) is 0 Å². The van der Waals surface area contributed by atoms with Gasteiger partial charge < -0.3 is 26.4 Å². The van der Waals surface area contributed by atoms with E-state index in [2.05, 4.69) is 5.32 Å². The molecule has 1 saturated heterocycles. The molecule has 9 heteroatoms. The van der Waals surface area contributed by atoms with Crippen molar-refractivity contribution in [2.45, 2.75) is 43.7 Å². The van der Waals surface area contributed by atoms with E-state index in [0.29, 0.717) is 6.42 Å². The minimum atomic E-state index is -5.08. The molecule has 6 nitrogen and oxygen atoms in total. The highest BCUT2D eigenvalue weighted by molar-refractivity contribution is 5.73. The van der Waals surface area contributed by atoms with Crippen molar-refractivity contribution in [3.8, 4) is 0 Å². The summed E-state index contributed by atoms with van der Waals surface area (Å²) in [5, 5.41) is 29.5. The lowest BCUT2D eigenvalue weighted by Crippen LogP contribution is -2.49. The number of rotatable bonds is 0. The van der Waals surface area contributed by atoms with Gasteiger partial charge in [-0.2, -0.15) is 13.2 Å². The number of aliphatic carboxylic acids is 1. The molecule has 0 radical (unpaired) electrons. The van der Waals surface area contributed by atoms with E-state index in [4.69, 9.17) is 15.6 Å². The lowest BCUT2D eigenvalue weighted by atomic mass is 9.74. The number of aliphatic hydroxyl groups is 2. The highest BCUT2D eigenvalue weighted by atomic mass is 19.4. The Balaban J connectivity index is 0.000000246. The fourth-order valence-corrected chi connectivity index (χ4v) is 2.74. The van der Waals surface area contributed by atoms with Gasteiger partial charge in [-0.25, -0.2) is 4.79 Å². The smallest absolute Gasteiger partial charge is 0.475 e. The summed E-state index contributed by atoms with van der Waals surface area (Å²) in [4.78, 5) is 8.90. The highest BCUT2D eigenvalue weighted by Crippen LogP contribution is 2.44. The second-order valence-corrected chi connectivity index (χ2v) is 5.20. The van der Waals surface area contributed by atoms with E-state index in [9.17, 15) is 23.4 Å². The van der Waals surface area contributed by atoms with Gasteiger partial charge in [0.05, 0.1) is 12.2 Å². The maximum atomic E-state index is 10.6. The van der Waals surface area contributed by atoms with E-state index in [-0.39, 0.29) is 11.5 Å². The average Bonchev–Trinajstić information content (AvgIpc) is 2.55. The Morgan fingerprint density at radius 3 is 2.00 bits per heavy atom. The summed E-state index contributed by atoms with van der Waals surface area (Å²) in [5.74, 6) is -2.76. The SMILES string of the molecule is NC1C(O)C(O)CC12CCNCC2.O=C(O)C(F)(F)F. The summed E-state index contributed by atoms with van der Waals surface area (Å²) in [6, 6.07) is -0.246. The Bertz CT molecular complexity index is 345. The van der Waals surface area contributed by atoms with E-state index in [1.807, 2.05) is 0 Å². The van der Waals surface area contributed by atoms with Gasteiger partial charge in [-0.05, 0) is 37.8 Å². The van der Waals surface area contributed by atoms with Crippen molar-refractivity contribution < 1.29 is 33.3 Å². The number of alkyl halides is 3. The maximum absolute atomic E-state index is 10.6. The summed E-state index contributed by atoms with van der Waals surface area (Å²) in [5.41, 5.74) is 5.93. The minimum absolute atomic E-state index is 0.00984. The zero-order valence-corrected chi connectivity index (χ0v) is 10.7. The van der Waals surface area contributed by atoms with Gasteiger partial charge in [-0.3, -0.25) is 0 Å². The molecule has 1 spiro atoms. The fraction of sp³-hybridized carbons (Fsp3) is 0.909. The Labute approximate surface area is 113 Å². The molecule has 3 unspecified atom stereocenters. The Morgan fingerprint density at radius 2 is 1.70 bits per heavy atom. The van der Waals surface area contributed by atoms with Crippen molar-refractivity contribution >= 4 is 5.97 Å². The number of hydrogen-bond donors (Lipinski definition) is 5. The highest BCUT2D eigenvalue weighted by Gasteiger charge is 2.50. The first-order valence-electron chi connectivity index (χ1n) is 6.23. The van der Waals surface area contributed by atoms with Crippen LogP contribution >= 0.6 is 0 Å². The number of carboxylic acids is 1. The van der Waals surface area contributed by atoms with Crippen LogP contribution in [0.1, 0.15) is 19.3 Å². The normalized spacial score (nSPS) is 32.6. The largest absolute Gasteiger partial charge is 0.490 e. The van der Waals surface area contributed by atoms with Crippen LogP contribution < -0.4 is 11.1 Å². The Kier molecular flexibility index (Phi) is 5.36.